The summed E-state index contributed by atoms with van der Waals surface area (Å²) in [6.07, 6.45) is 0.785. The van der Waals surface area contributed by atoms with Gasteiger partial charge in [0.2, 0.25) is 0 Å². The highest BCUT2D eigenvalue weighted by Gasteiger charge is 2.09. The van der Waals surface area contributed by atoms with Crippen LogP contribution in [0.2, 0.25) is 0 Å². The zero-order valence-electron chi connectivity index (χ0n) is 10.6. The second-order valence-corrected chi connectivity index (χ2v) is 3.70. The third-order valence-electron chi connectivity index (χ3n) is 2.15. The van der Waals surface area contributed by atoms with E-state index in [1.165, 1.54) is 0 Å². The molecular formula is C13H15N3O3. The van der Waals surface area contributed by atoms with Crippen LogP contribution in [0.3, 0.4) is 0 Å². The zero-order valence-corrected chi connectivity index (χ0v) is 10.6. The summed E-state index contributed by atoms with van der Waals surface area (Å²) in [5, 5.41) is 13.5. The molecule has 19 heavy (non-hydrogen) atoms. The Bertz CT molecular complexity index is 494. The fourth-order valence-corrected chi connectivity index (χ4v) is 1.27. The number of hydrogen-bond acceptors (Lipinski definition) is 4. The quantitative estimate of drug-likeness (QED) is 0.832. The minimum absolute atomic E-state index is 0.314. The van der Waals surface area contributed by atoms with Crippen molar-refractivity contribution in [3.05, 3.63) is 29.8 Å². The lowest BCUT2D eigenvalue weighted by Crippen LogP contribution is -2.41. The number of imide groups is 1. The van der Waals surface area contributed by atoms with Crippen LogP contribution in [-0.4, -0.2) is 25.1 Å². The average Bonchev–Trinajstić information content (AvgIpc) is 2.43. The molecule has 0 aliphatic carbocycles. The predicted molar refractivity (Wildman–Crippen MR) is 68.5 cm³/mol. The molecule has 1 rings (SSSR count). The monoisotopic (exact) mass is 261 g/mol. The number of carbonyl (C=O) groups is 2. The van der Waals surface area contributed by atoms with Crippen LogP contribution in [0.4, 0.5) is 4.79 Å². The smallest absolute Gasteiger partial charge is 0.321 e. The first kappa shape index (κ1) is 14.5. The lowest BCUT2D eigenvalue weighted by Gasteiger charge is -2.08. The number of ether oxygens (including phenoxy) is 1. The minimum Gasteiger partial charge on any atom is -0.482 e. The maximum absolute atomic E-state index is 11.4. The van der Waals surface area contributed by atoms with Crippen molar-refractivity contribution in [2.45, 2.75) is 13.3 Å². The van der Waals surface area contributed by atoms with Crippen molar-refractivity contribution in [2.24, 2.45) is 0 Å². The van der Waals surface area contributed by atoms with E-state index in [1.54, 1.807) is 24.3 Å². The summed E-state index contributed by atoms with van der Waals surface area (Å²) in [7, 11) is 0. The molecule has 6 nitrogen and oxygen atoms in total. The van der Waals surface area contributed by atoms with Crippen LogP contribution in [0.5, 0.6) is 5.75 Å². The van der Waals surface area contributed by atoms with Gasteiger partial charge in [0.1, 0.15) is 11.8 Å². The molecule has 0 saturated heterocycles. The average molecular weight is 261 g/mol. The summed E-state index contributed by atoms with van der Waals surface area (Å²) in [5.74, 6) is -0.254. The van der Waals surface area contributed by atoms with Gasteiger partial charge in [-0.25, -0.2) is 4.79 Å². The van der Waals surface area contributed by atoms with Crippen molar-refractivity contribution < 1.29 is 14.3 Å². The van der Waals surface area contributed by atoms with E-state index in [1.807, 2.05) is 13.0 Å². The molecular weight excluding hydrogens is 246 g/mol. The predicted octanol–water partition coefficient (Wildman–Crippen LogP) is 1.17. The summed E-state index contributed by atoms with van der Waals surface area (Å²) in [6.45, 7) is 2.08. The highest BCUT2D eigenvalue weighted by Crippen LogP contribution is 2.15. The van der Waals surface area contributed by atoms with Crippen LogP contribution in [0, 0.1) is 11.3 Å². The Hall–Kier alpha value is -2.55. The van der Waals surface area contributed by atoms with Gasteiger partial charge in [-0.1, -0.05) is 19.1 Å². The molecule has 6 heteroatoms. The van der Waals surface area contributed by atoms with E-state index < -0.39 is 11.9 Å². The molecule has 0 spiro atoms. The largest absolute Gasteiger partial charge is 0.482 e. The molecule has 1 aromatic carbocycles. The molecule has 0 aliphatic heterocycles. The van der Waals surface area contributed by atoms with Crippen molar-refractivity contribution in [2.75, 3.05) is 13.2 Å². The Labute approximate surface area is 111 Å². The van der Waals surface area contributed by atoms with Crippen molar-refractivity contribution in [1.29, 1.82) is 5.26 Å². The molecule has 0 heterocycles. The van der Waals surface area contributed by atoms with Crippen molar-refractivity contribution in [3.63, 3.8) is 0 Å². The molecule has 100 valence electrons. The standard InChI is InChI=1S/C13H15N3O3/c1-2-7-15-13(18)16-12(17)9-19-11-6-4-3-5-10(11)8-14/h3-6H,2,7,9H2,1H3,(H2,15,16,17,18). The summed E-state index contributed by atoms with van der Waals surface area (Å²) in [4.78, 5) is 22.6. The Morgan fingerprint density at radius 3 is 2.79 bits per heavy atom. The Balaban J connectivity index is 2.42. The number of nitriles is 1. The summed E-state index contributed by atoms with van der Waals surface area (Å²) >= 11 is 0. The minimum atomic E-state index is -0.568. The van der Waals surface area contributed by atoms with Crippen LogP contribution < -0.4 is 15.4 Å². The van der Waals surface area contributed by atoms with Crippen molar-refractivity contribution in [1.82, 2.24) is 10.6 Å². The second-order valence-electron chi connectivity index (χ2n) is 3.70. The van der Waals surface area contributed by atoms with Crippen LogP contribution in [0.1, 0.15) is 18.9 Å². The number of para-hydroxylation sites is 1. The van der Waals surface area contributed by atoms with Gasteiger partial charge in [0.15, 0.2) is 6.61 Å². The summed E-state index contributed by atoms with van der Waals surface area (Å²) in [6, 6.07) is 7.97. The molecule has 0 atom stereocenters. The molecule has 0 unspecified atom stereocenters. The fraction of sp³-hybridized carbons (Fsp3) is 0.308. The number of hydrogen-bond donors (Lipinski definition) is 2. The maximum Gasteiger partial charge on any atom is 0.321 e. The van der Waals surface area contributed by atoms with E-state index in [0.29, 0.717) is 17.9 Å². The fourth-order valence-electron chi connectivity index (χ4n) is 1.27. The van der Waals surface area contributed by atoms with E-state index in [-0.39, 0.29) is 6.61 Å². The van der Waals surface area contributed by atoms with Gasteiger partial charge in [-0.2, -0.15) is 5.26 Å². The highest BCUT2D eigenvalue weighted by molar-refractivity contribution is 5.94. The van der Waals surface area contributed by atoms with Gasteiger partial charge in [0, 0.05) is 6.54 Å². The first-order chi connectivity index (χ1) is 9.17. The molecule has 3 amide bonds. The number of benzene rings is 1. The van der Waals surface area contributed by atoms with Gasteiger partial charge >= 0.3 is 6.03 Å². The van der Waals surface area contributed by atoms with E-state index in [2.05, 4.69) is 10.6 Å². The Morgan fingerprint density at radius 2 is 2.11 bits per heavy atom. The topological polar surface area (TPSA) is 91.2 Å². The van der Waals surface area contributed by atoms with Gasteiger partial charge < -0.3 is 10.1 Å². The van der Waals surface area contributed by atoms with Gasteiger partial charge in [-0.05, 0) is 18.6 Å². The zero-order chi connectivity index (χ0) is 14.1. The molecule has 0 aliphatic rings. The lowest BCUT2D eigenvalue weighted by molar-refractivity contribution is -0.122. The van der Waals surface area contributed by atoms with Gasteiger partial charge in [-0.3, -0.25) is 10.1 Å². The molecule has 2 N–H and O–H groups in total. The Morgan fingerprint density at radius 1 is 1.37 bits per heavy atom. The van der Waals surface area contributed by atoms with Crippen LogP contribution in [0.15, 0.2) is 24.3 Å². The first-order valence-corrected chi connectivity index (χ1v) is 5.87. The first-order valence-electron chi connectivity index (χ1n) is 5.87. The molecule has 0 fully saturated rings. The van der Waals surface area contributed by atoms with E-state index in [9.17, 15) is 9.59 Å². The van der Waals surface area contributed by atoms with Crippen LogP contribution >= 0.6 is 0 Å². The highest BCUT2D eigenvalue weighted by atomic mass is 16.5. The number of urea groups is 1. The third-order valence-corrected chi connectivity index (χ3v) is 2.15. The second kappa shape index (κ2) is 7.71. The van der Waals surface area contributed by atoms with E-state index in [4.69, 9.17) is 10.00 Å². The molecule has 0 aromatic heterocycles. The Kier molecular flexibility index (Phi) is 5.89. The molecule has 0 saturated carbocycles. The summed E-state index contributed by atoms with van der Waals surface area (Å²) in [5.41, 5.74) is 0.339. The number of amides is 3. The lowest BCUT2D eigenvalue weighted by atomic mass is 10.2. The van der Waals surface area contributed by atoms with E-state index >= 15 is 0 Å². The molecule has 0 bridgehead atoms. The SMILES string of the molecule is CCCNC(=O)NC(=O)COc1ccccc1C#N. The maximum atomic E-state index is 11.4. The van der Waals surface area contributed by atoms with Crippen molar-refractivity contribution >= 4 is 11.9 Å². The van der Waals surface area contributed by atoms with Crippen molar-refractivity contribution in [3.8, 4) is 11.8 Å². The van der Waals surface area contributed by atoms with Gasteiger partial charge in [0.05, 0.1) is 5.56 Å². The van der Waals surface area contributed by atoms with E-state index in [0.717, 1.165) is 6.42 Å². The summed E-state index contributed by atoms with van der Waals surface area (Å²) < 4.78 is 5.18. The van der Waals surface area contributed by atoms with Gasteiger partial charge in [-0.15, -0.1) is 0 Å². The number of nitrogens with one attached hydrogen (secondary N) is 2. The molecule has 0 radical (unpaired) electrons. The molecule has 1 aromatic rings. The normalized spacial score (nSPS) is 9.26. The van der Waals surface area contributed by atoms with Crippen LogP contribution in [0.25, 0.3) is 0 Å². The third kappa shape index (κ3) is 5.08. The van der Waals surface area contributed by atoms with Gasteiger partial charge in [0.25, 0.3) is 5.91 Å². The number of carbonyl (C=O) groups excluding carboxylic acids is 2. The van der Waals surface area contributed by atoms with Crippen LogP contribution in [-0.2, 0) is 4.79 Å². The number of rotatable bonds is 5. The number of nitrogens with zero attached hydrogens (tertiary/aromatic N) is 1.